The molecular formula is C13H13BrN2O2. The Morgan fingerprint density at radius 3 is 2.94 bits per heavy atom. The number of carbonyl (C=O) groups is 1. The molecular weight excluding hydrogens is 296 g/mol. The molecule has 0 spiro atoms. The van der Waals surface area contributed by atoms with Crippen LogP contribution in [0.5, 0.6) is 0 Å². The van der Waals surface area contributed by atoms with E-state index >= 15 is 0 Å². The molecule has 0 atom stereocenters. The molecule has 0 aliphatic carbocycles. The fraction of sp³-hybridized carbons (Fsp3) is 0.231. The van der Waals surface area contributed by atoms with Gasteiger partial charge in [0.2, 0.25) is 0 Å². The Hall–Kier alpha value is -1.62. The molecule has 1 aromatic heterocycles. The molecule has 94 valence electrons. The van der Waals surface area contributed by atoms with E-state index in [4.69, 9.17) is 5.11 Å². The monoisotopic (exact) mass is 308 g/mol. The van der Waals surface area contributed by atoms with Gasteiger partial charge in [0.05, 0.1) is 12.1 Å². The molecule has 4 nitrogen and oxygen atoms in total. The molecule has 0 fully saturated rings. The molecule has 1 aromatic carbocycles. The van der Waals surface area contributed by atoms with Crippen LogP contribution in [0.3, 0.4) is 0 Å². The number of imidazole rings is 1. The molecule has 0 unspecified atom stereocenters. The summed E-state index contributed by atoms with van der Waals surface area (Å²) in [4.78, 5) is 18.1. The second kappa shape index (κ2) is 5.35. The van der Waals surface area contributed by atoms with Gasteiger partial charge in [-0.1, -0.05) is 28.1 Å². The second-order valence-electron chi connectivity index (χ2n) is 4.06. The molecule has 1 heterocycles. The minimum atomic E-state index is -0.812. The first kappa shape index (κ1) is 12.8. The molecule has 0 bridgehead atoms. The van der Waals surface area contributed by atoms with Gasteiger partial charge in [-0.05, 0) is 19.1 Å². The summed E-state index contributed by atoms with van der Waals surface area (Å²) in [6.45, 7) is 1.94. The second-order valence-corrected chi connectivity index (χ2v) is 4.98. The van der Waals surface area contributed by atoms with Gasteiger partial charge in [-0.25, -0.2) is 4.98 Å². The van der Waals surface area contributed by atoms with Gasteiger partial charge in [-0.2, -0.15) is 0 Å². The number of aliphatic carboxylic acids is 1. The molecule has 0 aliphatic heterocycles. The van der Waals surface area contributed by atoms with E-state index in [0.717, 1.165) is 21.4 Å². The molecule has 0 saturated carbocycles. The summed E-state index contributed by atoms with van der Waals surface area (Å²) >= 11 is 3.42. The number of halogens is 1. The molecule has 0 saturated heterocycles. The highest BCUT2D eigenvalue weighted by Gasteiger charge is 2.10. The third kappa shape index (κ3) is 2.98. The van der Waals surface area contributed by atoms with E-state index < -0.39 is 5.97 Å². The summed E-state index contributed by atoms with van der Waals surface area (Å²) in [5.41, 5.74) is 2.84. The summed E-state index contributed by atoms with van der Waals surface area (Å²) in [5, 5.41) is 8.66. The van der Waals surface area contributed by atoms with Crippen molar-refractivity contribution in [1.82, 2.24) is 9.97 Å². The van der Waals surface area contributed by atoms with Crippen LogP contribution in [0.2, 0.25) is 0 Å². The first-order valence-electron chi connectivity index (χ1n) is 5.59. The zero-order valence-electron chi connectivity index (χ0n) is 9.90. The maximum absolute atomic E-state index is 10.5. The Morgan fingerprint density at radius 1 is 1.50 bits per heavy atom. The summed E-state index contributed by atoms with van der Waals surface area (Å²) in [7, 11) is 0. The predicted molar refractivity (Wildman–Crippen MR) is 72.4 cm³/mol. The van der Waals surface area contributed by atoms with Crippen molar-refractivity contribution in [2.75, 3.05) is 0 Å². The number of nitrogens with one attached hydrogen (secondary N) is 1. The Labute approximate surface area is 113 Å². The van der Waals surface area contributed by atoms with Gasteiger partial charge >= 0.3 is 5.97 Å². The van der Waals surface area contributed by atoms with Crippen molar-refractivity contribution in [1.29, 1.82) is 0 Å². The Bertz CT molecular complexity index is 578. The normalized spacial score (nSPS) is 10.6. The largest absolute Gasteiger partial charge is 0.481 e. The number of carboxylic acids is 1. The van der Waals surface area contributed by atoms with Crippen LogP contribution < -0.4 is 0 Å². The van der Waals surface area contributed by atoms with Crippen molar-refractivity contribution in [3.63, 3.8) is 0 Å². The topological polar surface area (TPSA) is 66.0 Å². The van der Waals surface area contributed by atoms with Crippen LogP contribution in [-0.4, -0.2) is 21.0 Å². The highest BCUT2D eigenvalue weighted by molar-refractivity contribution is 9.10. The fourth-order valence-electron chi connectivity index (χ4n) is 1.78. The highest BCUT2D eigenvalue weighted by Crippen LogP contribution is 2.24. The van der Waals surface area contributed by atoms with Gasteiger partial charge < -0.3 is 10.1 Å². The van der Waals surface area contributed by atoms with Gasteiger partial charge in [0.1, 0.15) is 5.82 Å². The number of aryl methyl sites for hydroxylation is 2. The van der Waals surface area contributed by atoms with Crippen molar-refractivity contribution < 1.29 is 9.90 Å². The lowest BCUT2D eigenvalue weighted by molar-refractivity contribution is -0.137. The van der Waals surface area contributed by atoms with Gasteiger partial charge in [-0.15, -0.1) is 0 Å². The number of H-pyrrole nitrogens is 1. The summed E-state index contributed by atoms with van der Waals surface area (Å²) in [6.07, 6.45) is 0.509. The Balaban J connectivity index is 2.26. The number of carboxylic acid groups (broad SMARTS) is 1. The van der Waals surface area contributed by atoms with Crippen molar-refractivity contribution >= 4 is 21.9 Å². The van der Waals surface area contributed by atoms with Crippen LogP contribution >= 0.6 is 15.9 Å². The van der Waals surface area contributed by atoms with Crippen LogP contribution in [0.1, 0.15) is 17.9 Å². The van der Waals surface area contributed by atoms with Gasteiger partial charge in [0.15, 0.2) is 0 Å². The smallest absolute Gasteiger partial charge is 0.303 e. The lowest BCUT2D eigenvalue weighted by Gasteiger charge is -1.98. The van der Waals surface area contributed by atoms with Crippen molar-refractivity contribution in [3.05, 3.63) is 40.3 Å². The predicted octanol–water partition coefficient (Wildman–Crippen LogP) is 3.16. The zero-order chi connectivity index (χ0) is 13.1. The lowest BCUT2D eigenvalue weighted by atomic mass is 10.1. The van der Waals surface area contributed by atoms with E-state index in [0.29, 0.717) is 12.2 Å². The van der Waals surface area contributed by atoms with Crippen LogP contribution in [-0.2, 0) is 11.2 Å². The molecule has 0 aliphatic rings. The van der Waals surface area contributed by atoms with E-state index in [2.05, 4.69) is 25.9 Å². The number of hydrogen-bond donors (Lipinski definition) is 2. The average Bonchev–Trinajstić information content (AvgIpc) is 2.68. The van der Waals surface area contributed by atoms with Gasteiger partial charge in [0, 0.05) is 22.2 Å². The SMILES string of the molecule is Cc1[nH]c(CCC(=O)O)nc1-c1cccc(Br)c1. The Kier molecular flexibility index (Phi) is 3.81. The summed E-state index contributed by atoms with van der Waals surface area (Å²) < 4.78 is 0.995. The number of hydrogen-bond acceptors (Lipinski definition) is 2. The molecule has 2 aromatic rings. The highest BCUT2D eigenvalue weighted by atomic mass is 79.9. The third-order valence-electron chi connectivity index (χ3n) is 2.61. The van der Waals surface area contributed by atoms with Crippen LogP contribution in [0.4, 0.5) is 0 Å². The maximum Gasteiger partial charge on any atom is 0.303 e. The summed E-state index contributed by atoms with van der Waals surface area (Å²) in [5.74, 6) is -0.0991. The van der Waals surface area contributed by atoms with Crippen molar-refractivity contribution in [3.8, 4) is 11.3 Å². The quantitative estimate of drug-likeness (QED) is 0.911. The van der Waals surface area contributed by atoms with Crippen LogP contribution in [0.25, 0.3) is 11.3 Å². The maximum atomic E-state index is 10.5. The van der Waals surface area contributed by atoms with Gasteiger partial charge in [-0.3, -0.25) is 4.79 Å². The molecule has 18 heavy (non-hydrogen) atoms. The fourth-order valence-corrected chi connectivity index (χ4v) is 2.18. The molecule has 0 amide bonds. The van der Waals surface area contributed by atoms with E-state index in [1.165, 1.54) is 0 Å². The number of benzene rings is 1. The van der Waals surface area contributed by atoms with Crippen molar-refractivity contribution in [2.24, 2.45) is 0 Å². The van der Waals surface area contributed by atoms with Crippen LogP contribution in [0, 0.1) is 6.92 Å². The standard InChI is InChI=1S/C13H13BrN2O2/c1-8-13(9-3-2-4-10(14)7-9)16-11(15-8)5-6-12(17)18/h2-4,7H,5-6H2,1H3,(H,15,16)(H,17,18). The van der Waals surface area contributed by atoms with Crippen LogP contribution in [0.15, 0.2) is 28.7 Å². The zero-order valence-corrected chi connectivity index (χ0v) is 11.5. The number of rotatable bonds is 4. The Morgan fingerprint density at radius 2 is 2.28 bits per heavy atom. The summed E-state index contributed by atoms with van der Waals surface area (Å²) in [6, 6.07) is 7.88. The number of aromatic nitrogens is 2. The average molecular weight is 309 g/mol. The minimum Gasteiger partial charge on any atom is -0.481 e. The lowest BCUT2D eigenvalue weighted by Crippen LogP contribution is -1.98. The van der Waals surface area contributed by atoms with Gasteiger partial charge in [0.25, 0.3) is 0 Å². The van der Waals surface area contributed by atoms with E-state index in [-0.39, 0.29) is 6.42 Å². The van der Waals surface area contributed by atoms with E-state index in [1.54, 1.807) is 0 Å². The number of nitrogens with zero attached hydrogens (tertiary/aromatic N) is 1. The third-order valence-corrected chi connectivity index (χ3v) is 3.10. The molecule has 5 heteroatoms. The minimum absolute atomic E-state index is 0.0882. The first-order valence-corrected chi connectivity index (χ1v) is 6.39. The van der Waals surface area contributed by atoms with E-state index in [1.807, 2.05) is 31.2 Å². The molecule has 2 rings (SSSR count). The number of aromatic amines is 1. The molecule has 0 radical (unpaired) electrons. The molecule has 2 N–H and O–H groups in total. The van der Waals surface area contributed by atoms with Crippen molar-refractivity contribution in [2.45, 2.75) is 19.8 Å². The first-order chi connectivity index (χ1) is 8.56. The van der Waals surface area contributed by atoms with E-state index in [9.17, 15) is 4.79 Å².